The van der Waals surface area contributed by atoms with E-state index in [1.54, 1.807) is 36.5 Å². The number of carbonyl (C=O) groups is 2. The van der Waals surface area contributed by atoms with Crippen LogP contribution >= 0.6 is 11.6 Å². The van der Waals surface area contributed by atoms with Gasteiger partial charge in [-0.15, -0.1) is 0 Å². The monoisotopic (exact) mass is 415 g/mol. The third-order valence-electron chi connectivity index (χ3n) is 4.97. The van der Waals surface area contributed by atoms with Crippen LogP contribution in [0.3, 0.4) is 0 Å². The fourth-order valence-corrected chi connectivity index (χ4v) is 3.48. The van der Waals surface area contributed by atoms with Gasteiger partial charge in [0, 0.05) is 29.7 Å². The summed E-state index contributed by atoms with van der Waals surface area (Å²) in [4.78, 5) is 28.5. The largest absolute Gasteiger partial charge is 0.489 e. The summed E-state index contributed by atoms with van der Waals surface area (Å²) in [6.45, 7) is 0.865. The molecule has 29 heavy (non-hydrogen) atoms. The summed E-state index contributed by atoms with van der Waals surface area (Å²) < 4.78 is 5.93. The van der Waals surface area contributed by atoms with Gasteiger partial charge in [-0.25, -0.2) is 4.98 Å². The molecule has 1 saturated carbocycles. The Morgan fingerprint density at radius 2 is 1.86 bits per heavy atom. The van der Waals surface area contributed by atoms with Crippen LogP contribution in [0, 0.1) is 5.92 Å². The zero-order valence-electron chi connectivity index (χ0n) is 16.3. The van der Waals surface area contributed by atoms with Crippen LogP contribution in [0.4, 0.5) is 5.82 Å². The number of hydrogen-bond acceptors (Lipinski definition) is 4. The molecule has 3 rings (SSSR count). The highest BCUT2D eigenvalue weighted by Crippen LogP contribution is 2.27. The summed E-state index contributed by atoms with van der Waals surface area (Å²) in [7, 11) is 0. The lowest BCUT2D eigenvalue weighted by Gasteiger charge is -2.22. The predicted molar refractivity (Wildman–Crippen MR) is 113 cm³/mol. The number of rotatable bonds is 8. The molecule has 2 amide bonds. The second-order valence-corrected chi connectivity index (χ2v) is 7.66. The number of hydrogen-bond donors (Lipinski definition) is 2. The molecule has 2 aromatic rings. The molecule has 1 aromatic heterocycles. The highest BCUT2D eigenvalue weighted by molar-refractivity contribution is 6.30. The number of halogens is 1. The van der Waals surface area contributed by atoms with E-state index in [9.17, 15) is 9.59 Å². The van der Waals surface area contributed by atoms with E-state index < -0.39 is 0 Å². The summed E-state index contributed by atoms with van der Waals surface area (Å²) in [6.07, 6.45) is 7.95. The van der Waals surface area contributed by atoms with Gasteiger partial charge in [-0.1, -0.05) is 30.9 Å². The number of nitrogens with zero attached hydrogens (tertiary/aromatic N) is 1. The number of benzene rings is 1. The van der Waals surface area contributed by atoms with E-state index in [1.807, 2.05) is 6.07 Å². The van der Waals surface area contributed by atoms with Crippen molar-refractivity contribution in [1.82, 2.24) is 10.3 Å². The van der Waals surface area contributed by atoms with E-state index in [4.69, 9.17) is 16.3 Å². The van der Waals surface area contributed by atoms with E-state index >= 15 is 0 Å². The van der Waals surface area contributed by atoms with Crippen molar-refractivity contribution >= 4 is 29.2 Å². The maximum atomic E-state index is 12.3. The van der Waals surface area contributed by atoms with Gasteiger partial charge in [0.1, 0.15) is 0 Å². The van der Waals surface area contributed by atoms with Crippen molar-refractivity contribution in [3.8, 4) is 5.75 Å². The molecule has 154 valence electrons. The van der Waals surface area contributed by atoms with Crippen LogP contribution in [0.2, 0.25) is 5.02 Å². The van der Waals surface area contributed by atoms with E-state index in [0.717, 1.165) is 0 Å². The van der Waals surface area contributed by atoms with Gasteiger partial charge >= 0.3 is 0 Å². The number of nitrogens with one attached hydrogen (secondary N) is 2. The van der Waals surface area contributed by atoms with Crippen molar-refractivity contribution in [1.29, 1.82) is 0 Å². The molecule has 2 N–H and O–H groups in total. The van der Waals surface area contributed by atoms with Gasteiger partial charge in [0.25, 0.3) is 5.91 Å². The van der Waals surface area contributed by atoms with Gasteiger partial charge < -0.3 is 15.4 Å². The van der Waals surface area contributed by atoms with Gasteiger partial charge in [-0.05, 0) is 55.2 Å². The molecule has 0 spiro atoms. The van der Waals surface area contributed by atoms with Crippen molar-refractivity contribution < 1.29 is 14.3 Å². The first-order chi connectivity index (χ1) is 14.1. The number of pyridine rings is 1. The molecule has 7 heteroatoms. The fourth-order valence-electron chi connectivity index (χ4n) is 3.35. The third kappa shape index (κ3) is 6.75. The molecule has 1 aromatic carbocycles. The molecule has 0 aliphatic heterocycles. The molecule has 6 nitrogen and oxygen atoms in total. The van der Waals surface area contributed by atoms with Gasteiger partial charge in [0.2, 0.25) is 5.91 Å². The van der Waals surface area contributed by atoms with E-state index in [2.05, 4.69) is 15.6 Å². The normalized spacial score (nSPS) is 14.2. The summed E-state index contributed by atoms with van der Waals surface area (Å²) >= 11 is 5.82. The Morgan fingerprint density at radius 3 is 2.62 bits per heavy atom. The minimum atomic E-state index is -0.246. The summed E-state index contributed by atoms with van der Waals surface area (Å²) in [6, 6.07) is 10.2. The van der Waals surface area contributed by atoms with Crippen molar-refractivity contribution in [2.75, 3.05) is 18.5 Å². The Labute approximate surface area is 176 Å². The molecule has 0 saturated heterocycles. The lowest BCUT2D eigenvalue weighted by atomic mass is 9.90. The number of anilines is 1. The Bertz CT molecular complexity index is 820. The Hall–Kier alpha value is -2.60. The number of carbonyl (C=O) groups excluding carboxylic acids is 2. The maximum absolute atomic E-state index is 12.3. The lowest BCUT2D eigenvalue weighted by molar-refractivity contribution is -0.116. The minimum Gasteiger partial charge on any atom is -0.489 e. The van der Waals surface area contributed by atoms with Crippen LogP contribution in [-0.4, -0.2) is 29.9 Å². The van der Waals surface area contributed by atoms with Crippen molar-refractivity contribution in [3.05, 3.63) is 53.2 Å². The molecule has 0 radical (unpaired) electrons. The van der Waals surface area contributed by atoms with Crippen LogP contribution in [0.25, 0.3) is 0 Å². The fraction of sp³-hybridized carbons (Fsp3) is 0.409. The molecular formula is C22H26ClN3O3. The van der Waals surface area contributed by atoms with Gasteiger partial charge in [-0.3, -0.25) is 9.59 Å². The zero-order chi connectivity index (χ0) is 20.5. The van der Waals surface area contributed by atoms with Gasteiger partial charge in [0.05, 0.1) is 6.61 Å². The van der Waals surface area contributed by atoms with Crippen molar-refractivity contribution in [2.45, 2.75) is 38.5 Å². The smallest absolute Gasteiger partial charge is 0.251 e. The number of aromatic nitrogens is 1. The quantitative estimate of drug-likeness (QED) is 0.667. The molecular weight excluding hydrogens is 390 g/mol. The van der Waals surface area contributed by atoms with Crippen LogP contribution in [0.5, 0.6) is 5.75 Å². The molecule has 1 aliphatic carbocycles. The Morgan fingerprint density at radius 1 is 1.10 bits per heavy atom. The first kappa shape index (κ1) is 21.1. The van der Waals surface area contributed by atoms with Crippen LogP contribution in [0.15, 0.2) is 42.6 Å². The van der Waals surface area contributed by atoms with Crippen molar-refractivity contribution in [2.24, 2.45) is 5.92 Å². The third-order valence-corrected chi connectivity index (χ3v) is 5.22. The van der Waals surface area contributed by atoms with Crippen molar-refractivity contribution in [3.63, 3.8) is 0 Å². The zero-order valence-corrected chi connectivity index (χ0v) is 17.1. The van der Waals surface area contributed by atoms with E-state index in [0.29, 0.717) is 34.7 Å². The highest BCUT2D eigenvalue weighted by atomic mass is 35.5. The standard InChI is InChI=1S/C22H26ClN3O3/c23-18-10-8-17(9-11-18)22(28)25-14-12-20(27)26-21-19(7-4-13-24-21)29-15-16-5-2-1-3-6-16/h4,7-11,13,16H,1-3,5-6,12,14-15H2,(H,25,28)(H,24,26,27). The molecule has 0 bridgehead atoms. The molecule has 0 unspecified atom stereocenters. The second-order valence-electron chi connectivity index (χ2n) is 7.23. The predicted octanol–water partition coefficient (Wildman–Crippen LogP) is 4.45. The molecule has 1 aliphatic rings. The highest BCUT2D eigenvalue weighted by Gasteiger charge is 2.16. The van der Waals surface area contributed by atoms with E-state index in [1.165, 1.54) is 32.1 Å². The Kier molecular flexibility index (Phi) is 7.87. The molecule has 1 heterocycles. The topological polar surface area (TPSA) is 80.3 Å². The maximum Gasteiger partial charge on any atom is 0.251 e. The second kappa shape index (κ2) is 10.8. The summed E-state index contributed by atoms with van der Waals surface area (Å²) in [5, 5.41) is 6.07. The number of ether oxygens (including phenoxy) is 1. The Balaban J connectivity index is 1.45. The number of amides is 2. The van der Waals surface area contributed by atoms with E-state index in [-0.39, 0.29) is 24.8 Å². The van der Waals surface area contributed by atoms with Crippen LogP contribution in [0.1, 0.15) is 48.9 Å². The van der Waals surface area contributed by atoms with Crippen LogP contribution < -0.4 is 15.4 Å². The first-order valence-corrected chi connectivity index (χ1v) is 10.4. The summed E-state index contributed by atoms with van der Waals surface area (Å²) in [5.41, 5.74) is 0.498. The minimum absolute atomic E-state index is 0.137. The summed E-state index contributed by atoms with van der Waals surface area (Å²) in [5.74, 6) is 1.08. The average Bonchev–Trinajstić information content (AvgIpc) is 2.74. The molecule has 0 atom stereocenters. The first-order valence-electron chi connectivity index (χ1n) is 10.0. The van der Waals surface area contributed by atoms with Gasteiger partial charge in [-0.2, -0.15) is 0 Å². The lowest BCUT2D eigenvalue weighted by Crippen LogP contribution is -2.27. The average molecular weight is 416 g/mol. The van der Waals surface area contributed by atoms with Gasteiger partial charge in [0.15, 0.2) is 11.6 Å². The molecule has 1 fully saturated rings. The van der Waals surface area contributed by atoms with Crippen LogP contribution in [-0.2, 0) is 4.79 Å². The SMILES string of the molecule is O=C(CCNC(=O)c1ccc(Cl)cc1)Nc1ncccc1OCC1CCCCC1.